The number of hydrogen-bond acceptors (Lipinski definition) is 6. The van der Waals surface area contributed by atoms with Gasteiger partial charge in [-0.25, -0.2) is 0 Å². The first-order valence-corrected chi connectivity index (χ1v) is 33.6. The first-order valence-electron chi connectivity index (χ1n) is 33.6. The van der Waals surface area contributed by atoms with Crippen LogP contribution in [0.2, 0.25) is 0 Å². The average molecular weight is 1070 g/mol. The fourth-order valence-electron chi connectivity index (χ4n) is 9.98. The number of carbonyl (C=O) groups is 3. The number of rotatable bonds is 62. The lowest BCUT2D eigenvalue weighted by Gasteiger charge is -2.18. The van der Waals surface area contributed by atoms with Gasteiger partial charge in [0.1, 0.15) is 13.2 Å². The van der Waals surface area contributed by atoms with Crippen molar-refractivity contribution in [1.82, 2.24) is 0 Å². The normalized spacial score (nSPS) is 12.3. The lowest BCUT2D eigenvalue weighted by Crippen LogP contribution is -2.30. The molecular weight excluding hydrogens is 937 g/mol. The number of hydrogen-bond donors (Lipinski definition) is 0. The molecule has 1 atom stereocenters. The molecule has 0 heterocycles. The van der Waals surface area contributed by atoms with Gasteiger partial charge in [-0.1, -0.05) is 307 Å². The quantitative estimate of drug-likeness (QED) is 0.0261. The second-order valence-corrected chi connectivity index (χ2v) is 22.7. The number of ether oxygens (including phenoxy) is 3. The summed E-state index contributed by atoms with van der Waals surface area (Å²) in [4.78, 5) is 38.2. The summed E-state index contributed by atoms with van der Waals surface area (Å²) in [5, 5.41) is 0. The Kier molecular flexibility index (Phi) is 62.6. The van der Waals surface area contributed by atoms with Gasteiger partial charge in [-0.2, -0.15) is 0 Å². The molecule has 0 aromatic heterocycles. The average Bonchev–Trinajstić information content (AvgIpc) is 3.42. The van der Waals surface area contributed by atoms with Crippen molar-refractivity contribution in [3.63, 3.8) is 0 Å². The van der Waals surface area contributed by atoms with Crippen LogP contribution in [0.15, 0.2) is 48.6 Å². The molecule has 0 N–H and O–H groups in total. The standard InChI is InChI=1S/C70H128O6/c1-4-7-10-13-16-19-22-24-26-28-30-31-32-33-34-35-36-37-38-39-41-42-44-46-48-51-54-57-60-63-69(72)75-66-67(65-74-68(71)62-59-56-53-50-21-18-15-12-9-6-3)76-70(73)64-61-58-55-52-49-47-45-43-40-29-27-25-23-20-17-14-11-8-5-2/h17,20,22,24-25,27-28,30,67H,4-16,18-19,21,23,26,29,31-66H2,1-3H3/b20-17-,24-22-,27-25-,30-28-. The molecule has 0 radical (unpaired) electrons. The summed E-state index contributed by atoms with van der Waals surface area (Å²) in [5.74, 6) is -0.854. The highest BCUT2D eigenvalue weighted by Gasteiger charge is 2.19. The third-order valence-electron chi connectivity index (χ3n) is 15.1. The molecule has 444 valence electrons. The van der Waals surface area contributed by atoms with Crippen molar-refractivity contribution in [3.8, 4) is 0 Å². The Hall–Kier alpha value is -2.63. The zero-order valence-electron chi connectivity index (χ0n) is 51.0. The zero-order chi connectivity index (χ0) is 55.0. The molecule has 1 unspecified atom stereocenters. The Morgan fingerprint density at radius 3 is 0.750 bits per heavy atom. The van der Waals surface area contributed by atoms with Crippen LogP contribution in [-0.2, 0) is 28.6 Å². The molecule has 0 bridgehead atoms. The largest absolute Gasteiger partial charge is 0.462 e. The molecule has 6 nitrogen and oxygen atoms in total. The van der Waals surface area contributed by atoms with E-state index in [0.29, 0.717) is 19.3 Å². The molecule has 0 rings (SSSR count). The third kappa shape index (κ3) is 62.2. The van der Waals surface area contributed by atoms with Crippen molar-refractivity contribution < 1.29 is 28.6 Å². The van der Waals surface area contributed by atoms with Crippen LogP contribution < -0.4 is 0 Å². The number of allylic oxidation sites excluding steroid dienone is 8. The van der Waals surface area contributed by atoms with Gasteiger partial charge in [-0.05, 0) is 83.5 Å². The maximum atomic E-state index is 12.9. The summed E-state index contributed by atoms with van der Waals surface area (Å²) in [6.45, 7) is 6.64. The van der Waals surface area contributed by atoms with E-state index in [2.05, 4.69) is 69.4 Å². The molecule has 0 aliphatic heterocycles. The van der Waals surface area contributed by atoms with E-state index in [1.165, 1.54) is 250 Å². The molecule has 76 heavy (non-hydrogen) atoms. The lowest BCUT2D eigenvalue weighted by atomic mass is 10.0. The fourth-order valence-corrected chi connectivity index (χ4v) is 9.98. The molecule has 0 aliphatic rings. The lowest BCUT2D eigenvalue weighted by molar-refractivity contribution is -0.167. The maximum Gasteiger partial charge on any atom is 0.306 e. The highest BCUT2D eigenvalue weighted by molar-refractivity contribution is 5.71. The minimum absolute atomic E-state index is 0.0702. The monoisotopic (exact) mass is 1060 g/mol. The van der Waals surface area contributed by atoms with Crippen LogP contribution in [0.1, 0.15) is 361 Å². The van der Waals surface area contributed by atoms with E-state index in [9.17, 15) is 14.4 Å². The summed E-state index contributed by atoms with van der Waals surface area (Å²) in [6.07, 6.45) is 81.4. The molecule has 0 saturated heterocycles. The van der Waals surface area contributed by atoms with E-state index in [-0.39, 0.29) is 31.1 Å². The molecule has 0 fully saturated rings. The van der Waals surface area contributed by atoms with Crippen molar-refractivity contribution in [2.75, 3.05) is 13.2 Å². The Morgan fingerprint density at radius 1 is 0.263 bits per heavy atom. The highest BCUT2D eigenvalue weighted by Crippen LogP contribution is 2.18. The van der Waals surface area contributed by atoms with Gasteiger partial charge >= 0.3 is 17.9 Å². The van der Waals surface area contributed by atoms with Crippen molar-refractivity contribution in [1.29, 1.82) is 0 Å². The van der Waals surface area contributed by atoms with Crippen LogP contribution in [0, 0.1) is 0 Å². The van der Waals surface area contributed by atoms with Gasteiger partial charge < -0.3 is 14.2 Å². The number of unbranched alkanes of at least 4 members (excludes halogenated alkanes) is 43. The smallest absolute Gasteiger partial charge is 0.306 e. The predicted molar refractivity (Wildman–Crippen MR) is 330 cm³/mol. The maximum absolute atomic E-state index is 12.9. The molecule has 0 aromatic rings. The van der Waals surface area contributed by atoms with Gasteiger partial charge in [0.2, 0.25) is 0 Å². The molecule has 0 spiro atoms. The van der Waals surface area contributed by atoms with Crippen LogP contribution in [-0.4, -0.2) is 37.2 Å². The minimum atomic E-state index is -0.772. The SMILES string of the molecule is CCCCC/C=C\C/C=C\CCCCCCCCCCCC(=O)OC(COC(=O)CCCCCCCCCCCC)COC(=O)CCCCCCCCCCCCCCCCCCC/C=C\C/C=C\CCCCCCC. The first-order chi connectivity index (χ1) is 37.5. The van der Waals surface area contributed by atoms with Crippen molar-refractivity contribution in [2.45, 2.75) is 367 Å². The topological polar surface area (TPSA) is 78.9 Å². The Morgan fingerprint density at radius 2 is 0.474 bits per heavy atom. The van der Waals surface area contributed by atoms with Gasteiger partial charge in [-0.3, -0.25) is 14.4 Å². The fraction of sp³-hybridized carbons (Fsp3) is 0.843. The first kappa shape index (κ1) is 73.4. The van der Waals surface area contributed by atoms with E-state index in [1.807, 2.05) is 0 Å². The molecular formula is C70H128O6. The second-order valence-electron chi connectivity index (χ2n) is 22.7. The summed E-state index contributed by atoms with van der Waals surface area (Å²) < 4.78 is 16.9. The van der Waals surface area contributed by atoms with Crippen LogP contribution in [0.5, 0.6) is 0 Å². The van der Waals surface area contributed by atoms with Gasteiger partial charge in [-0.15, -0.1) is 0 Å². The van der Waals surface area contributed by atoms with Gasteiger partial charge in [0.25, 0.3) is 0 Å². The van der Waals surface area contributed by atoms with Crippen molar-refractivity contribution in [3.05, 3.63) is 48.6 Å². The summed E-state index contributed by atoms with van der Waals surface area (Å²) in [5.41, 5.74) is 0. The Labute approximate surface area is 473 Å². The minimum Gasteiger partial charge on any atom is -0.462 e. The van der Waals surface area contributed by atoms with Crippen LogP contribution in [0.4, 0.5) is 0 Å². The molecule has 0 amide bonds. The summed E-state index contributed by atoms with van der Waals surface area (Å²) in [6, 6.07) is 0. The van der Waals surface area contributed by atoms with Crippen LogP contribution >= 0.6 is 0 Å². The Balaban J connectivity index is 4.14. The Bertz CT molecular complexity index is 1310. The summed E-state index contributed by atoms with van der Waals surface area (Å²) >= 11 is 0. The van der Waals surface area contributed by atoms with E-state index in [4.69, 9.17) is 14.2 Å². The van der Waals surface area contributed by atoms with E-state index >= 15 is 0 Å². The van der Waals surface area contributed by atoms with Crippen molar-refractivity contribution in [2.24, 2.45) is 0 Å². The van der Waals surface area contributed by atoms with Crippen LogP contribution in [0.25, 0.3) is 0 Å². The van der Waals surface area contributed by atoms with E-state index < -0.39 is 6.10 Å². The number of esters is 3. The number of carbonyl (C=O) groups excluding carboxylic acids is 3. The molecule has 0 aromatic carbocycles. The third-order valence-corrected chi connectivity index (χ3v) is 15.1. The molecule has 0 saturated carbocycles. The van der Waals surface area contributed by atoms with Crippen molar-refractivity contribution >= 4 is 17.9 Å². The highest BCUT2D eigenvalue weighted by atomic mass is 16.6. The summed E-state index contributed by atoms with van der Waals surface area (Å²) in [7, 11) is 0. The molecule has 6 heteroatoms. The van der Waals surface area contributed by atoms with E-state index in [1.54, 1.807) is 0 Å². The van der Waals surface area contributed by atoms with E-state index in [0.717, 1.165) is 70.6 Å². The van der Waals surface area contributed by atoms with Crippen LogP contribution in [0.3, 0.4) is 0 Å². The zero-order valence-corrected chi connectivity index (χ0v) is 51.0. The predicted octanol–water partition coefficient (Wildman–Crippen LogP) is 22.9. The second kappa shape index (κ2) is 64.9. The van der Waals surface area contributed by atoms with Gasteiger partial charge in [0, 0.05) is 19.3 Å². The van der Waals surface area contributed by atoms with Gasteiger partial charge in [0.05, 0.1) is 0 Å². The molecule has 0 aliphatic carbocycles. The van der Waals surface area contributed by atoms with Gasteiger partial charge in [0.15, 0.2) is 6.10 Å².